The fourth-order valence-corrected chi connectivity index (χ4v) is 3.66. The van der Waals surface area contributed by atoms with Crippen molar-refractivity contribution >= 4 is 10.2 Å². The van der Waals surface area contributed by atoms with Crippen LogP contribution < -0.4 is 0 Å². The van der Waals surface area contributed by atoms with Crippen LogP contribution in [-0.2, 0) is 21.5 Å². The molecule has 1 aromatic carbocycles. The number of benzene rings is 1. The normalized spacial score (nSPS) is 17.8. The summed E-state index contributed by atoms with van der Waals surface area (Å²) in [5, 5.41) is 0. The van der Waals surface area contributed by atoms with E-state index in [1.54, 1.807) is 0 Å². The first-order valence-corrected chi connectivity index (χ1v) is 7.91. The monoisotopic (exact) mass is 284 g/mol. The van der Waals surface area contributed by atoms with Crippen LogP contribution in [0.4, 0.5) is 0 Å². The molecular weight excluding hydrogens is 264 g/mol. The number of morpholine rings is 1. The molecule has 0 spiro atoms. The molecule has 0 unspecified atom stereocenters. The quantitative estimate of drug-likeness (QED) is 0.813. The second kappa shape index (κ2) is 6.47. The molecule has 0 saturated carbocycles. The van der Waals surface area contributed by atoms with E-state index in [1.807, 2.05) is 37.3 Å². The van der Waals surface area contributed by atoms with Crippen molar-refractivity contribution in [3.63, 3.8) is 0 Å². The van der Waals surface area contributed by atoms with E-state index < -0.39 is 10.2 Å². The largest absolute Gasteiger partial charge is 0.379 e. The summed E-state index contributed by atoms with van der Waals surface area (Å²) in [5.41, 5.74) is 1.00. The summed E-state index contributed by atoms with van der Waals surface area (Å²) in [6.45, 7) is 4.57. The van der Waals surface area contributed by atoms with Gasteiger partial charge in [0.05, 0.1) is 13.2 Å². The third-order valence-electron chi connectivity index (χ3n) is 3.18. The topological polar surface area (TPSA) is 49.9 Å². The molecule has 0 amide bonds. The van der Waals surface area contributed by atoms with Gasteiger partial charge in [0.25, 0.3) is 10.2 Å². The first-order chi connectivity index (χ1) is 9.14. The first-order valence-electron chi connectivity index (χ1n) is 6.51. The van der Waals surface area contributed by atoms with Crippen LogP contribution in [0.1, 0.15) is 12.5 Å². The van der Waals surface area contributed by atoms with Crippen LogP contribution in [0, 0.1) is 0 Å². The number of rotatable bonds is 5. The van der Waals surface area contributed by atoms with Crippen LogP contribution >= 0.6 is 0 Å². The molecular formula is C13H20N2O3S. The molecule has 106 valence electrons. The Morgan fingerprint density at radius 2 is 1.84 bits per heavy atom. The van der Waals surface area contributed by atoms with Crippen LogP contribution in [0.2, 0.25) is 0 Å². The maximum Gasteiger partial charge on any atom is 0.282 e. The van der Waals surface area contributed by atoms with Gasteiger partial charge in [-0.1, -0.05) is 37.3 Å². The van der Waals surface area contributed by atoms with Crippen LogP contribution in [-0.4, -0.2) is 49.9 Å². The number of nitrogens with zero attached hydrogens (tertiary/aromatic N) is 2. The maximum atomic E-state index is 12.5. The van der Waals surface area contributed by atoms with Gasteiger partial charge < -0.3 is 4.74 Å². The summed E-state index contributed by atoms with van der Waals surface area (Å²) in [5.74, 6) is 0. The highest BCUT2D eigenvalue weighted by atomic mass is 32.2. The van der Waals surface area contributed by atoms with E-state index in [4.69, 9.17) is 4.74 Å². The first kappa shape index (κ1) is 14.5. The summed E-state index contributed by atoms with van der Waals surface area (Å²) in [6, 6.07) is 9.65. The van der Waals surface area contributed by atoms with E-state index in [0.717, 1.165) is 5.56 Å². The van der Waals surface area contributed by atoms with Crippen LogP contribution in [0.25, 0.3) is 0 Å². The standard InChI is InChI=1S/C13H20N2O3S/c1-2-14(12-13-6-4-3-5-7-13)19(16,17)15-8-10-18-11-9-15/h3-7H,2,8-12H2,1H3. The lowest BCUT2D eigenvalue weighted by molar-refractivity contribution is 0.0701. The van der Waals surface area contributed by atoms with Gasteiger partial charge in [0.1, 0.15) is 0 Å². The van der Waals surface area contributed by atoms with Crippen molar-refractivity contribution in [1.29, 1.82) is 0 Å². The van der Waals surface area contributed by atoms with Crippen molar-refractivity contribution in [1.82, 2.24) is 8.61 Å². The van der Waals surface area contributed by atoms with Crippen molar-refractivity contribution in [3.8, 4) is 0 Å². The number of hydrogen-bond acceptors (Lipinski definition) is 3. The van der Waals surface area contributed by atoms with E-state index in [1.165, 1.54) is 8.61 Å². The predicted octanol–water partition coefficient (Wildman–Crippen LogP) is 1.09. The Bertz CT molecular complexity index is 484. The highest BCUT2D eigenvalue weighted by Gasteiger charge is 2.29. The maximum absolute atomic E-state index is 12.5. The van der Waals surface area contributed by atoms with Crippen LogP contribution in [0.3, 0.4) is 0 Å². The summed E-state index contributed by atoms with van der Waals surface area (Å²) < 4.78 is 33.2. The molecule has 0 atom stereocenters. The molecule has 0 aliphatic carbocycles. The lowest BCUT2D eigenvalue weighted by atomic mass is 10.2. The third kappa shape index (κ3) is 3.54. The van der Waals surface area contributed by atoms with Gasteiger partial charge in [-0.3, -0.25) is 0 Å². The van der Waals surface area contributed by atoms with Crippen molar-refractivity contribution in [2.45, 2.75) is 13.5 Å². The molecule has 1 fully saturated rings. The minimum absolute atomic E-state index is 0.414. The molecule has 0 bridgehead atoms. The Hall–Kier alpha value is -0.950. The van der Waals surface area contributed by atoms with Gasteiger partial charge >= 0.3 is 0 Å². The zero-order valence-electron chi connectivity index (χ0n) is 11.2. The van der Waals surface area contributed by atoms with E-state index in [2.05, 4.69) is 0 Å². The molecule has 1 saturated heterocycles. The molecule has 0 radical (unpaired) electrons. The van der Waals surface area contributed by atoms with Gasteiger partial charge in [0.15, 0.2) is 0 Å². The fourth-order valence-electron chi connectivity index (χ4n) is 2.08. The second-order valence-corrected chi connectivity index (χ2v) is 6.36. The van der Waals surface area contributed by atoms with Gasteiger partial charge in [-0.25, -0.2) is 0 Å². The van der Waals surface area contributed by atoms with Crippen LogP contribution in [0.15, 0.2) is 30.3 Å². The SMILES string of the molecule is CCN(Cc1ccccc1)S(=O)(=O)N1CCOCC1. The summed E-state index contributed by atoms with van der Waals surface area (Å²) >= 11 is 0. The summed E-state index contributed by atoms with van der Waals surface area (Å²) in [7, 11) is -3.39. The fraction of sp³-hybridized carbons (Fsp3) is 0.538. The number of hydrogen-bond donors (Lipinski definition) is 0. The second-order valence-electron chi connectivity index (χ2n) is 4.43. The molecule has 1 aromatic rings. The van der Waals surface area contributed by atoms with Crippen molar-refractivity contribution in [2.24, 2.45) is 0 Å². The molecule has 19 heavy (non-hydrogen) atoms. The molecule has 5 nitrogen and oxygen atoms in total. The molecule has 2 rings (SSSR count). The molecule has 6 heteroatoms. The molecule has 1 heterocycles. The summed E-state index contributed by atoms with van der Waals surface area (Å²) in [4.78, 5) is 0. The van der Waals surface area contributed by atoms with Crippen LogP contribution in [0.5, 0.6) is 0 Å². The smallest absolute Gasteiger partial charge is 0.282 e. The van der Waals surface area contributed by atoms with Gasteiger partial charge in [0, 0.05) is 26.2 Å². The Morgan fingerprint density at radius 1 is 1.21 bits per heavy atom. The van der Waals surface area contributed by atoms with Crippen molar-refractivity contribution < 1.29 is 13.2 Å². The lowest BCUT2D eigenvalue weighted by Gasteiger charge is -2.31. The average Bonchev–Trinajstić information content (AvgIpc) is 2.46. The van der Waals surface area contributed by atoms with E-state index in [9.17, 15) is 8.42 Å². The van der Waals surface area contributed by atoms with Gasteiger partial charge in [-0.2, -0.15) is 17.0 Å². The van der Waals surface area contributed by atoms with Crippen molar-refractivity contribution in [2.75, 3.05) is 32.8 Å². The Morgan fingerprint density at radius 3 is 2.42 bits per heavy atom. The molecule has 0 aromatic heterocycles. The van der Waals surface area contributed by atoms with Crippen molar-refractivity contribution in [3.05, 3.63) is 35.9 Å². The minimum Gasteiger partial charge on any atom is -0.379 e. The zero-order chi connectivity index (χ0) is 13.7. The zero-order valence-corrected chi connectivity index (χ0v) is 12.0. The van der Waals surface area contributed by atoms with Gasteiger partial charge in [0.2, 0.25) is 0 Å². The third-order valence-corrected chi connectivity index (χ3v) is 5.23. The highest BCUT2D eigenvalue weighted by Crippen LogP contribution is 2.14. The minimum atomic E-state index is -3.39. The van der Waals surface area contributed by atoms with E-state index >= 15 is 0 Å². The van der Waals surface area contributed by atoms with E-state index in [-0.39, 0.29) is 0 Å². The molecule has 0 N–H and O–H groups in total. The Balaban J connectivity index is 2.11. The summed E-state index contributed by atoms with van der Waals surface area (Å²) in [6.07, 6.45) is 0. The van der Waals surface area contributed by atoms with E-state index in [0.29, 0.717) is 39.4 Å². The molecule has 1 aliphatic heterocycles. The Kier molecular flexibility index (Phi) is 4.93. The van der Waals surface area contributed by atoms with Gasteiger partial charge in [-0.15, -0.1) is 0 Å². The Labute approximate surface area is 115 Å². The predicted molar refractivity (Wildman–Crippen MR) is 73.8 cm³/mol. The van der Waals surface area contributed by atoms with Gasteiger partial charge in [-0.05, 0) is 5.56 Å². The molecule has 1 aliphatic rings. The highest BCUT2D eigenvalue weighted by molar-refractivity contribution is 7.86. The number of ether oxygens (including phenoxy) is 1. The average molecular weight is 284 g/mol. The lowest BCUT2D eigenvalue weighted by Crippen LogP contribution is -2.48.